The molecule has 1 atom stereocenters. The lowest BCUT2D eigenvalue weighted by Gasteiger charge is -2.13. The van der Waals surface area contributed by atoms with Gasteiger partial charge in [-0.2, -0.15) is 4.72 Å². The summed E-state index contributed by atoms with van der Waals surface area (Å²) in [6.45, 7) is 1.82. The van der Waals surface area contributed by atoms with Crippen LogP contribution >= 0.6 is 11.3 Å². The number of nitrogens with one attached hydrogen (secondary N) is 1. The summed E-state index contributed by atoms with van der Waals surface area (Å²) in [5.41, 5.74) is 0. The summed E-state index contributed by atoms with van der Waals surface area (Å²) in [5.74, 6) is -1.74. The van der Waals surface area contributed by atoms with E-state index in [0.717, 1.165) is 12.1 Å². The lowest BCUT2D eigenvalue weighted by Crippen LogP contribution is -2.28. The molecule has 0 radical (unpaired) electrons. The summed E-state index contributed by atoms with van der Waals surface area (Å²) in [5, 5.41) is 10.7. The lowest BCUT2D eigenvalue weighted by atomic mass is 10.3. The average molecular weight is 316 g/mol. The van der Waals surface area contributed by atoms with Gasteiger partial charge in [-0.15, -0.1) is 11.3 Å². The number of furan rings is 1. The van der Waals surface area contributed by atoms with Crippen molar-refractivity contribution in [2.75, 3.05) is 0 Å². The topological polar surface area (TPSA) is 110 Å². The van der Waals surface area contributed by atoms with E-state index >= 15 is 0 Å². The zero-order valence-corrected chi connectivity index (χ0v) is 12.1. The number of aromatic carboxylic acids is 1. The molecule has 0 bridgehead atoms. The average Bonchev–Trinajstić information content (AvgIpc) is 3.06. The summed E-state index contributed by atoms with van der Waals surface area (Å²) in [7, 11) is -3.92. The SMILES string of the molecule is CCC(NS(=O)(=O)c1ccc(C(=O)O)o1)c1nccs1. The van der Waals surface area contributed by atoms with Crippen LogP contribution in [-0.4, -0.2) is 24.5 Å². The largest absolute Gasteiger partial charge is 0.475 e. The Kier molecular flexibility index (Phi) is 4.21. The van der Waals surface area contributed by atoms with Crippen LogP contribution in [0.3, 0.4) is 0 Å². The highest BCUT2D eigenvalue weighted by atomic mass is 32.2. The molecular weight excluding hydrogens is 304 g/mol. The molecule has 2 heterocycles. The third kappa shape index (κ3) is 3.06. The number of sulfonamides is 1. The van der Waals surface area contributed by atoms with Gasteiger partial charge in [0.25, 0.3) is 10.0 Å². The minimum atomic E-state index is -3.92. The molecule has 0 fully saturated rings. The minimum absolute atomic E-state index is 0.423. The number of hydrogen-bond donors (Lipinski definition) is 2. The van der Waals surface area contributed by atoms with Crippen molar-refractivity contribution in [3.05, 3.63) is 34.5 Å². The van der Waals surface area contributed by atoms with Crippen LogP contribution in [0.1, 0.15) is 34.9 Å². The number of nitrogens with zero attached hydrogens (tertiary/aromatic N) is 1. The number of hydrogen-bond acceptors (Lipinski definition) is 6. The van der Waals surface area contributed by atoms with Crippen molar-refractivity contribution in [2.24, 2.45) is 0 Å². The van der Waals surface area contributed by atoms with E-state index in [1.165, 1.54) is 11.3 Å². The maximum Gasteiger partial charge on any atom is 0.371 e. The second kappa shape index (κ2) is 5.73. The van der Waals surface area contributed by atoms with Gasteiger partial charge in [-0.05, 0) is 18.6 Å². The standard InChI is InChI=1S/C11H12N2O5S2/c1-2-7(10-12-5-6-19-10)13-20(16,17)9-4-3-8(18-9)11(14)15/h3-7,13H,2H2,1H3,(H,14,15). The fourth-order valence-electron chi connectivity index (χ4n) is 1.54. The second-order valence-electron chi connectivity index (χ2n) is 3.88. The van der Waals surface area contributed by atoms with Gasteiger partial charge in [0.2, 0.25) is 10.9 Å². The van der Waals surface area contributed by atoms with Crippen molar-refractivity contribution in [3.8, 4) is 0 Å². The number of carbonyl (C=O) groups is 1. The first kappa shape index (κ1) is 14.7. The van der Waals surface area contributed by atoms with Crippen LogP contribution in [0.5, 0.6) is 0 Å². The van der Waals surface area contributed by atoms with E-state index < -0.39 is 32.9 Å². The van der Waals surface area contributed by atoms with Gasteiger partial charge in [0.05, 0.1) is 6.04 Å². The van der Waals surface area contributed by atoms with E-state index in [4.69, 9.17) is 9.52 Å². The molecule has 0 aliphatic heterocycles. The molecule has 7 nitrogen and oxygen atoms in total. The van der Waals surface area contributed by atoms with Gasteiger partial charge in [-0.3, -0.25) is 0 Å². The van der Waals surface area contributed by atoms with Crippen LogP contribution in [0.25, 0.3) is 0 Å². The van der Waals surface area contributed by atoms with Gasteiger partial charge in [0, 0.05) is 11.6 Å². The lowest BCUT2D eigenvalue weighted by molar-refractivity contribution is 0.0656. The minimum Gasteiger partial charge on any atom is -0.475 e. The maximum absolute atomic E-state index is 12.1. The summed E-state index contributed by atoms with van der Waals surface area (Å²) in [6.07, 6.45) is 2.10. The van der Waals surface area contributed by atoms with Crippen LogP contribution in [0, 0.1) is 0 Å². The van der Waals surface area contributed by atoms with E-state index in [0.29, 0.717) is 11.4 Å². The Bertz CT molecular complexity index is 690. The zero-order chi connectivity index (χ0) is 14.8. The quantitative estimate of drug-likeness (QED) is 0.842. The van der Waals surface area contributed by atoms with E-state index in [9.17, 15) is 13.2 Å². The van der Waals surface area contributed by atoms with Gasteiger partial charge in [0.1, 0.15) is 5.01 Å². The van der Waals surface area contributed by atoms with Crippen LogP contribution in [0.4, 0.5) is 0 Å². The predicted octanol–water partition coefficient (Wildman–Crippen LogP) is 1.86. The van der Waals surface area contributed by atoms with Gasteiger partial charge in [-0.1, -0.05) is 6.92 Å². The molecule has 0 aliphatic carbocycles. The monoisotopic (exact) mass is 316 g/mol. The Morgan fingerprint density at radius 3 is 2.80 bits per heavy atom. The summed E-state index contributed by atoms with van der Waals surface area (Å²) in [4.78, 5) is 14.8. The second-order valence-corrected chi connectivity index (χ2v) is 6.45. The highest BCUT2D eigenvalue weighted by molar-refractivity contribution is 7.89. The van der Waals surface area contributed by atoms with Crippen molar-refractivity contribution in [2.45, 2.75) is 24.5 Å². The van der Waals surface area contributed by atoms with Gasteiger partial charge in [0.15, 0.2) is 0 Å². The summed E-state index contributed by atoms with van der Waals surface area (Å²) >= 11 is 1.34. The molecule has 0 spiro atoms. The fourth-order valence-corrected chi connectivity index (χ4v) is 3.60. The Balaban J connectivity index is 2.23. The first-order valence-electron chi connectivity index (χ1n) is 5.69. The van der Waals surface area contributed by atoms with Crippen LogP contribution < -0.4 is 4.72 Å². The van der Waals surface area contributed by atoms with E-state index in [2.05, 4.69) is 9.71 Å². The Morgan fingerprint density at radius 1 is 1.55 bits per heavy atom. The van der Waals surface area contributed by atoms with E-state index in [1.807, 2.05) is 6.92 Å². The molecular formula is C11H12N2O5S2. The van der Waals surface area contributed by atoms with Crippen molar-refractivity contribution < 1.29 is 22.7 Å². The first-order valence-corrected chi connectivity index (χ1v) is 8.05. The third-order valence-corrected chi connectivity index (χ3v) is 4.75. The molecule has 0 amide bonds. The third-order valence-electron chi connectivity index (χ3n) is 2.51. The molecule has 0 saturated heterocycles. The number of aromatic nitrogens is 1. The predicted molar refractivity (Wildman–Crippen MR) is 71.1 cm³/mol. The summed E-state index contributed by atoms with van der Waals surface area (Å²) in [6, 6.07) is 1.74. The zero-order valence-electron chi connectivity index (χ0n) is 10.4. The Morgan fingerprint density at radius 2 is 2.30 bits per heavy atom. The first-order chi connectivity index (χ1) is 9.44. The highest BCUT2D eigenvalue weighted by Gasteiger charge is 2.25. The normalized spacial score (nSPS) is 13.2. The molecule has 0 aliphatic rings. The van der Waals surface area contributed by atoms with E-state index in [-0.39, 0.29) is 0 Å². The van der Waals surface area contributed by atoms with Gasteiger partial charge in [-0.25, -0.2) is 18.2 Å². The smallest absolute Gasteiger partial charge is 0.371 e. The molecule has 108 valence electrons. The van der Waals surface area contributed by atoms with Crippen molar-refractivity contribution >= 4 is 27.3 Å². The van der Waals surface area contributed by atoms with Crippen molar-refractivity contribution in [1.29, 1.82) is 0 Å². The van der Waals surface area contributed by atoms with Crippen molar-refractivity contribution in [3.63, 3.8) is 0 Å². The van der Waals surface area contributed by atoms with Crippen LogP contribution in [0.2, 0.25) is 0 Å². The van der Waals surface area contributed by atoms with Gasteiger partial charge < -0.3 is 9.52 Å². The highest BCUT2D eigenvalue weighted by Crippen LogP contribution is 2.22. The Hall–Kier alpha value is -1.71. The molecule has 0 aromatic carbocycles. The molecule has 2 N–H and O–H groups in total. The van der Waals surface area contributed by atoms with E-state index in [1.54, 1.807) is 11.6 Å². The molecule has 9 heteroatoms. The Labute approximate surface area is 119 Å². The molecule has 2 aromatic rings. The maximum atomic E-state index is 12.1. The number of rotatable bonds is 6. The van der Waals surface area contributed by atoms with Crippen LogP contribution in [-0.2, 0) is 10.0 Å². The van der Waals surface area contributed by atoms with Crippen LogP contribution in [0.15, 0.2) is 33.2 Å². The fraction of sp³-hybridized carbons (Fsp3) is 0.273. The number of carboxylic acids is 1. The number of carboxylic acid groups (broad SMARTS) is 1. The molecule has 1 unspecified atom stereocenters. The molecule has 20 heavy (non-hydrogen) atoms. The molecule has 0 saturated carbocycles. The number of thiazole rings is 1. The molecule has 2 rings (SSSR count). The van der Waals surface area contributed by atoms with Gasteiger partial charge >= 0.3 is 5.97 Å². The summed E-state index contributed by atoms with van der Waals surface area (Å²) < 4.78 is 31.5. The van der Waals surface area contributed by atoms with Crippen molar-refractivity contribution in [1.82, 2.24) is 9.71 Å². The molecule has 2 aromatic heterocycles.